The molecule has 0 saturated carbocycles. The van der Waals surface area contributed by atoms with Crippen LogP contribution in [0.1, 0.15) is 0 Å². The minimum atomic E-state index is -0.526. The van der Waals surface area contributed by atoms with Crippen LogP contribution in [0.3, 0.4) is 0 Å². The summed E-state index contributed by atoms with van der Waals surface area (Å²) >= 11 is 0. The number of carbonyl (C=O) groups excluding carboxylic acids is 1. The zero-order valence-corrected chi connectivity index (χ0v) is 9.01. The van der Waals surface area contributed by atoms with Crippen molar-refractivity contribution >= 4 is 17.4 Å². The van der Waals surface area contributed by atoms with Crippen molar-refractivity contribution in [3.8, 4) is 0 Å². The molecule has 86 valence electrons. The van der Waals surface area contributed by atoms with Crippen LogP contribution in [0.5, 0.6) is 0 Å². The molecule has 0 fully saturated rings. The van der Waals surface area contributed by atoms with Crippen LogP contribution in [0.15, 0.2) is 18.3 Å². The maximum absolute atomic E-state index is 11.2. The number of anilines is 1. The van der Waals surface area contributed by atoms with Gasteiger partial charge in [-0.3, -0.25) is 14.9 Å². The van der Waals surface area contributed by atoms with Gasteiger partial charge in [0.1, 0.15) is 12.0 Å². The molecule has 1 aromatic heterocycles. The summed E-state index contributed by atoms with van der Waals surface area (Å²) < 4.78 is 0. The van der Waals surface area contributed by atoms with E-state index in [1.807, 2.05) is 0 Å². The van der Waals surface area contributed by atoms with Gasteiger partial charge in [0.15, 0.2) is 0 Å². The highest BCUT2D eigenvalue weighted by atomic mass is 16.6. The Morgan fingerprint density at radius 1 is 1.56 bits per heavy atom. The fourth-order valence-corrected chi connectivity index (χ4v) is 0.923. The number of carbonyl (C=O) groups is 1. The summed E-state index contributed by atoms with van der Waals surface area (Å²) in [5.74, 6) is 0.334. The largest absolute Gasteiger partial charge is 0.361 e. The van der Waals surface area contributed by atoms with Crippen molar-refractivity contribution in [3.05, 3.63) is 28.4 Å². The Kier molecular flexibility index (Phi) is 3.76. The van der Waals surface area contributed by atoms with Gasteiger partial charge in [-0.25, -0.2) is 4.98 Å². The van der Waals surface area contributed by atoms with Crippen molar-refractivity contribution in [2.24, 2.45) is 0 Å². The standard InChI is InChI=1S/C9H12N4O3/c1-12(2)9(14)6-11-8-4-3-7(5-10-8)13(15)16/h3-5H,6H2,1-2H3,(H,10,11). The second-order valence-electron chi connectivity index (χ2n) is 3.30. The highest BCUT2D eigenvalue weighted by Crippen LogP contribution is 2.11. The van der Waals surface area contributed by atoms with E-state index in [0.29, 0.717) is 5.82 Å². The third-order valence-corrected chi connectivity index (χ3v) is 1.88. The first-order valence-electron chi connectivity index (χ1n) is 4.55. The predicted octanol–water partition coefficient (Wildman–Crippen LogP) is 0.490. The van der Waals surface area contributed by atoms with Crippen LogP contribution in [0.2, 0.25) is 0 Å². The number of nitrogens with zero attached hydrogens (tertiary/aromatic N) is 3. The summed E-state index contributed by atoms with van der Waals surface area (Å²) in [5, 5.41) is 13.1. The Morgan fingerprint density at radius 3 is 2.69 bits per heavy atom. The average molecular weight is 224 g/mol. The third-order valence-electron chi connectivity index (χ3n) is 1.88. The second-order valence-corrected chi connectivity index (χ2v) is 3.30. The van der Waals surface area contributed by atoms with Gasteiger partial charge in [0.05, 0.1) is 11.5 Å². The van der Waals surface area contributed by atoms with Gasteiger partial charge in [0.2, 0.25) is 5.91 Å². The molecule has 1 N–H and O–H groups in total. The molecule has 0 aliphatic carbocycles. The third kappa shape index (κ3) is 3.19. The van der Waals surface area contributed by atoms with E-state index in [9.17, 15) is 14.9 Å². The van der Waals surface area contributed by atoms with E-state index in [0.717, 1.165) is 6.20 Å². The minimum absolute atomic E-state index is 0.0792. The Hall–Kier alpha value is -2.18. The number of rotatable bonds is 4. The van der Waals surface area contributed by atoms with Crippen molar-refractivity contribution in [3.63, 3.8) is 0 Å². The molecule has 0 atom stereocenters. The molecule has 0 aliphatic rings. The number of hydrogen-bond donors (Lipinski definition) is 1. The van der Waals surface area contributed by atoms with Gasteiger partial charge < -0.3 is 10.2 Å². The van der Waals surface area contributed by atoms with Gasteiger partial charge in [-0.15, -0.1) is 0 Å². The van der Waals surface area contributed by atoms with Crippen LogP contribution in [-0.4, -0.2) is 41.4 Å². The van der Waals surface area contributed by atoms with Crippen LogP contribution >= 0.6 is 0 Å². The maximum Gasteiger partial charge on any atom is 0.287 e. The molecule has 1 aromatic rings. The lowest BCUT2D eigenvalue weighted by atomic mass is 10.4. The molecular weight excluding hydrogens is 212 g/mol. The first-order valence-corrected chi connectivity index (χ1v) is 4.55. The molecule has 1 rings (SSSR count). The van der Waals surface area contributed by atoms with Gasteiger partial charge in [0.25, 0.3) is 5.69 Å². The molecule has 7 nitrogen and oxygen atoms in total. The maximum atomic E-state index is 11.2. The number of nitrogens with one attached hydrogen (secondary N) is 1. The number of nitro groups is 1. The van der Waals surface area contributed by atoms with E-state index < -0.39 is 4.92 Å². The Labute approximate surface area is 92.2 Å². The Morgan fingerprint density at radius 2 is 2.25 bits per heavy atom. The molecule has 0 saturated heterocycles. The van der Waals surface area contributed by atoms with Crippen molar-refractivity contribution < 1.29 is 9.72 Å². The zero-order chi connectivity index (χ0) is 12.1. The lowest BCUT2D eigenvalue weighted by Gasteiger charge is -2.10. The Bertz CT molecular complexity index is 388. The van der Waals surface area contributed by atoms with Gasteiger partial charge in [-0.1, -0.05) is 0 Å². The number of pyridine rings is 1. The molecule has 7 heteroatoms. The smallest absolute Gasteiger partial charge is 0.287 e. The van der Waals surface area contributed by atoms with Crippen LogP contribution in [0.25, 0.3) is 0 Å². The predicted molar refractivity (Wildman–Crippen MR) is 58.1 cm³/mol. The monoisotopic (exact) mass is 224 g/mol. The van der Waals surface area contributed by atoms with E-state index in [-0.39, 0.29) is 18.1 Å². The summed E-state index contributed by atoms with van der Waals surface area (Å²) in [6.07, 6.45) is 1.14. The SMILES string of the molecule is CN(C)C(=O)CNc1ccc([N+](=O)[O-])cn1. The molecule has 0 aliphatic heterocycles. The highest BCUT2D eigenvalue weighted by Gasteiger charge is 2.06. The summed E-state index contributed by atoms with van der Waals surface area (Å²) in [5.41, 5.74) is -0.0792. The van der Waals surface area contributed by atoms with Crippen LogP contribution in [0, 0.1) is 10.1 Å². The molecule has 0 aromatic carbocycles. The number of amides is 1. The lowest BCUT2D eigenvalue weighted by molar-refractivity contribution is -0.385. The summed E-state index contributed by atoms with van der Waals surface area (Å²) in [7, 11) is 3.29. The number of likely N-dealkylation sites (N-methyl/N-ethyl adjacent to an activating group) is 1. The second kappa shape index (κ2) is 5.06. The molecule has 0 unspecified atom stereocenters. The van der Waals surface area contributed by atoms with Crippen LogP contribution in [-0.2, 0) is 4.79 Å². The normalized spacial score (nSPS) is 9.62. The van der Waals surface area contributed by atoms with E-state index in [1.54, 1.807) is 14.1 Å². The van der Waals surface area contributed by atoms with Crippen LogP contribution < -0.4 is 5.32 Å². The van der Waals surface area contributed by atoms with Gasteiger partial charge in [-0.2, -0.15) is 0 Å². The first kappa shape index (κ1) is 11.9. The van der Waals surface area contributed by atoms with E-state index in [2.05, 4.69) is 10.3 Å². The quantitative estimate of drug-likeness (QED) is 0.594. The van der Waals surface area contributed by atoms with E-state index >= 15 is 0 Å². The molecule has 1 amide bonds. The van der Waals surface area contributed by atoms with Gasteiger partial charge in [0, 0.05) is 20.2 Å². The van der Waals surface area contributed by atoms with Crippen molar-refractivity contribution in [2.75, 3.05) is 26.0 Å². The fraction of sp³-hybridized carbons (Fsp3) is 0.333. The topological polar surface area (TPSA) is 88.4 Å². The fourth-order valence-electron chi connectivity index (χ4n) is 0.923. The highest BCUT2D eigenvalue weighted by molar-refractivity contribution is 5.80. The van der Waals surface area contributed by atoms with Crippen LogP contribution in [0.4, 0.5) is 11.5 Å². The summed E-state index contributed by atoms with van der Waals surface area (Å²) in [6.45, 7) is 0.109. The molecule has 1 heterocycles. The number of hydrogen-bond acceptors (Lipinski definition) is 5. The van der Waals surface area contributed by atoms with Crippen molar-refractivity contribution in [1.29, 1.82) is 0 Å². The lowest BCUT2D eigenvalue weighted by Crippen LogP contribution is -2.28. The molecule has 0 bridgehead atoms. The summed E-state index contributed by atoms with van der Waals surface area (Å²) in [4.78, 5) is 26.3. The van der Waals surface area contributed by atoms with Gasteiger partial charge in [-0.05, 0) is 6.07 Å². The molecule has 0 spiro atoms. The minimum Gasteiger partial charge on any atom is -0.361 e. The molecular formula is C9H12N4O3. The van der Waals surface area contributed by atoms with Crippen molar-refractivity contribution in [2.45, 2.75) is 0 Å². The first-order chi connectivity index (χ1) is 7.50. The van der Waals surface area contributed by atoms with E-state index in [4.69, 9.17) is 0 Å². The molecule has 16 heavy (non-hydrogen) atoms. The number of aromatic nitrogens is 1. The molecule has 0 radical (unpaired) electrons. The summed E-state index contributed by atoms with van der Waals surface area (Å²) in [6, 6.07) is 2.79. The van der Waals surface area contributed by atoms with Gasteiger partial charge >= 0.3 is 0 Å². The Balaban J connectivity index is 2.56. The van der Waals surface area contributed by atoms with Crippen molar-refractivity contribution in [1.82, 2.24) is 9.88 Å². The van der Waals surface area contributed by atoms with E-state index in [1.165, 1.54) is 17.0 Å². The average Bonchev–Trinajstić information content (AvgIpc) is 2.26. The zero-order valence-electron chi connectivity index (χ0n) is 9.01.